The zero-order valence-corrected chi connectivity index (χ0v) is 12.4. The van der Waals surface area contributed by atoms with Crippen molar-refractivity contribution in [1.29, 1.82) is 0 Å². The second-order valence-corrected chi connectivity index (χ2v) is 8.78. The zero-order valence-electron chi connectivity index (χ0n) is 7.40. The van der Waals surface area contributed by atoms with Crippen LogP contribution in [0.3, 0.4) is 0 Å². The SMILES string of the molecule is Cc1nn[se]c1[Se]c1ccc(Br)cc1. The summed E-state index contributed by atoms with van der Waals surface area (Å²) < 4.78 is 8.06. The molecule has 1 aromatic carbocycles. The third-order valence-corrected chi connectivity index (χ3v) is 7.27. The number of aromatic nitrogens is 2. The topological polar surface area (TPSA) is 25.8 Å². The summed E-state index contributed by atoms with van der Waals surface area (Å²) >= 11 is 4.10. The first-order valence-electron chi connectivity index (χ1n) is 3.98. The van der Waals surface area contributed by atoms with E-state index in [-0.39, 0.29) is 14.7 Å². The Kier molecular flexibility index (Phi) is 3.58. The minimum absolute atomic E-state index is 0.261. The molecule has 0 bridgehead atoms. The average Bonchev–Trinajstić information content (AvgIpc) is 2.56. The Hall–Kier alpha value is 0.0790. The van der Waals surface area contributed by atoms with Crippen LogP contribution >= 0.6 is 15.9 Å². The molecule has 0 aliphatic heterocycles. The molecule has 2 rings (SSSR count). The van der Waals surface area contributed by atoms with E-state index >= 15 is 0 Å². The number of hydrogen-bond acceptors (Lipinski definition) is 2. The normalized spacial score (nSPS) is 10.4. The van der Waals surface area contributed by atoms with Gasteiger partial charge in [0.1, 0.15) is 0 Å². The Balaban J connectivity index is 2.19. The number of hydrogen-bond donors (Lipinski definition) is 0. The van der Waals surface area contributed by atoms with Crippen molar-refractivity contribution in [1.82, 2.24) is 9.19 Å². The van der Waals surface area contributed by atoms with E-state index in [0.29, 0.717) is 15.0 Å². The summed E-state index contributed by atoms with van der Waals surface area (Å²) in [6, 6.07) is 8.50. The third kappa shape index (κ3) is 2.56. The van der Waals surface area contributed by atoms with E-state index in [1.165, 1.54) is 7.80 Å². The van der Waals surface area contributed by atoms with Crippen LogP contribution in [-0.4, -0.2) is 38.9 Å². The summed E-state index contributed by atoms with van der Waals surface area (Å²) in [7, 11) is 0. The molecule has 5 heteroatoms. The summed E-state index contributed by atoms with van der Waals surface area (Å²) in [6.07, 6.45) is 0. The van der Waals surface area contributed by atoms with E-state index in [1.807, 2.05) is 6.92 Å². The molecule has 0 aliphatic rings. The van der Waals surface area contributed by atoms with Gasteiger partial charge in [-0.1, -0.05) is 0 Å². The van der Waals surface area contributed by atoms with Crippen LogP contribution in [0.5, 0.6) is 0 Å². The first kappa shape index (κ1) is 10.6. The van der Waals surface area contributed by atoms with Gasteiger partial charge in [0.15, 0.2) is 0 Å². The molecule has 14 heavy (non-hydrogen) atoms. The van der Waals surface area contributed by atoms with Gasteiger partial charge < -0.3 is 0 Å². The van der Waals surface area contributed by atoms with Crippen molar-refractivity contribution in [3.8, 4) is 0 Å². The van der Waals surface area contributed by atoms with Crippen molar-refractivity contribution in [2.24, 2.45) is 0 Å². The van der Waals surface area contributed by atoms with E-state index in [4.69, 9.17) is 0 Å². The summed E-state index contributed by atoms with van der Waals surface area (Å²) in [5.74, 6) is 0. The molecule has 0 atom stereocenters. The van der Waals surface area contributed by atoms with E-state index in [2.05, 4.69) is 49.4 Å². The maximum absolute atomic E-state index is 4.08. The molecule has 72 valence electrons. The molecule has 1 aromatic heterocycles. The van der Waals surface area contributed by atoms with E-state index < -0.39 is 0 Å². The fourth-order valence-corrected chi connectivity index (χ4v) is 5.37. The molecule has 0 spiro atoms. The minimum atomic E-state index is 0.261. The zero-order chi connectivity index (χ0) is 9.97. The van der Waals surface area contributed by atoms with Crippen LogP contribution in [-0.2, 0) is 0 Å². The van der Waals surface area contributed by atoms with Gasteiger partial charge in [0, 0.05) is 0 Å². The predicted octanol–water partition coefficient (Wildman–Crippen LogP) is 0.260. The fourth-order valence-electron chi connectivity index (χ4n) is 0.928. The van der Waals surface area contributed by atoms with Crippen molar-refractivity contribution < 1.29 is 0 Å². The summed E-state index contributed by atoms with van der Waals surface area (Å²) in [5, 5.41) is 4.07. The van der Waals surface area contributed by atoms with Gasteiger partial charge in [-0.3, -0.25) is 0 Å². The van der Waals surface area contributed by atoms with Crippen LogP contribution < -0.4 is 7.80 Å². The van der Waals surface area contributed by atoms with Crippen LogP contribution in [0.15, 0.2) is 28.7 Å². The van der Waals surface area contributed by atoms with Gasteiger partial charge in [0.05, 0.1) is 0 Å². The van der Waals surface area contributed by atoms with Gasteiger partial charge in [-0.25, -0.2) is 0 Å². The van der Waals surface area contributed by atoms with Crippen molar-refractivity contribution in [3.05, 3.63) is 34.4 Å². The monoisotopic (exact) mass is 382 g/mol. The molecule has 0 amide bonds. The molecule has 0 N–H and O–H groups in total. The van der Waals surface area contributed by atoms with Gasteiger partial charge in [0.25, 0.3) is 0 Å². The van der Waals surface area contributed by atoms with Crippen LogP contribution in [0.1, 0.15) is 5.69 Å². The fraction of sp³-hybridized carbons (Fsp3) is 0.111. The van der Waals surface area contributed by atoms with E-state index in [1.54, 1.807) is 0 Å². The second-order valence-electron chi connectivity index (χ2n) is 2.70. The Morgan fingerprint density at radius 2 is 2.00 bits per heavy atom. The Morgan fingerprint density at radius 3 is 2.57 bits per heavy atom. The number of halogens is 1. The average molecular weight is 381 g/mol. The number of aryl methyl sites for hydroxylation is 1. The van der Waals surface area contributed by atoms with Crippen molar-refractivity contribution >= 4 is 53.4 Å². The van der Waals surface area contributed by atoms with Crippen LogP contribution in [0.25, 0.3) is 0 Å². The molecule has 0 unspecified atom stereocenters. The van der Waals surface area contributed by atoms with E-state index in [9.17, 15) is 0 Å². The number of rotatable bonds is 2. The predicted molar refractivity (Wildman–Crippen MR) is 62.9 cm³/mol. The number of benzene rings is 1. The molecule has 0 aliphatic carbocycles. The van der Waals surface area contributed by atoms with Crippen LogP contribution in [0, 0.1) is 6.92 Å². The quantitative estimate of drug-likeness (QED) is 0.698. The first-order chi connectivity index (χ1) is 6.75. The molecule has 0 saturated carbocycles. The Morgan fingerprint density at radius 1 is 1.29 bits per heavy atom. The van der Waals surface area contributed by atoms with Gasteiger partial charge in [-0.2, -0.15) is 0 Å². The molecule has 0 saturated heterocycles. The molecule has 0 fully saturated rings. The van der Waals surface area contributed by atoms with Crippen LogP contribution in [0.2, 0.25) is 0 Å². The summed E-state index contributed by atoms with van der Waals surface area (Å²) in [5.41, 5.74) is 1.13. The Labute approximate surface area is 103 Å². The molecule has 1 heterocycles. The molecular weight excluding hydrogens is 374 g/mol. The van der Waals surface area contributed by atoms with Crippen LogP contribution in [0.4, 0.5) is 0 Å². The maximum atomic E-state index is 4.08. The molecule has 0 radical (unpaired) electrons. The summed E-state index contributed by atoms with van der Waals surface area (Å²) in [4.78, 5) is 0. The Bertz CT molecular complexity index is 425. The molecule has 2 nitrogen and oxygen atoms in total. The summed E-state index contributed by atoms with van der Waals surface area (Å²) in [6.45, 7) is 2.05. The third-order valence-electron chi connectivity index (χ3n) is 1.63. The van der Waals surface area contributed by atoms with E-state index in [0.717, 1.165) is 10.2 Å². The van der Waals surface area contributed by atoms with Crippen molar-refractivity contribution in [3.63, 3.8) is 0 Å². The molecule has 2 aromatic rings. The van der Waals surface area contributed by atoms with Gasteiger partial charge >= 0.3 is 104 Å². The first-order valence-corrected chi connectivity index (χ1v) is 8.11. The van der Waals surface area contributed by atoms with Gasteiger partial charge in [-0.05, 0) is 0 Å². The molecular formula is C9H7BrN2Se2. The van der Waals surface area contributed by atoms with Crippen molar-refractivity contribution in [2.45, 2.75) is 6.92 Å². The van der Waals surface area contributed by atoms with Gasteiger partial charge in [0.2, 0.25) is 0 Å². The standard InChI is InChI=1S/C9H7BrN2Se2/c1-6-9(14-12-11-6)13-8-4-2-7(10)3-5-8/h2-5H,1H3. The second kappa shape index (κ2) is 4.73. The van der Waals surface area contributed by atoms with Crippen molar-refractivity contribution in [2.75, 3.05) is 0 Å². The van der Waals surface area contributed by atoms with Gasteiger partial charge in [-0.15, -0.1) is 0 Å². The number of nitrogens with zero attached hydrogens (tertiary/aromatic N) is 2.